The van der Waals surface area contributed by atoms with E-state index < -0.39 is 5.97 Å². The third-order valence-corrected chi connectivity index (χ3v) is 6.39. The Hall–Kier alpha value is -2.19. The average molecular weight is 467 g/mol. The first kappa shape index (κ1) is 22.0. The van der Waals surface area contributed by atoms with Crippen molar-refractivity contribution in [1.29, 1.82) is 0 Å². The first-order chi connectivity index (χ1) is 14.7. The highest BCUT2D eigenvalue weighted by Crippen LogP contribution is 2.42. The molecule has 2 aromatic rings. The molecule has 4 N–H and O–H groups in total. The summed E-state index contributed by atoms with van der Waals surface area (Å²) in [7, 11) is 0. The number of aromatic hydroxyl groups is 1. The molecule has 9 heteroatoms. The molecule has 0 amide bonds. The van der Waals surface area contributed by atoms with Gasteiger partial charge in [0.2, 0.25) is 0 Å². The van der Waals surface area contributed by atoms with E-state index in [9.17, 15) is 15.0 Å². The van der Waals surface area contributed by atoms with Crippen LogP contribution in [-0.2, 0) is 6.42 Å². The molecule has 2 heterocycles. The summed E-state index contributed by atoms with van der Waals surface area (Å²) in [5, 5.41) is 19.7. The third kappa shape index (κ3) is 4.85. The van der Waals surface area contributed by atoms with Gasteiger partial charge in [0.25, 0.3) is 0 Å². The van der Waals surface area contributed by atoms with Crippen LogP contribution in [0.4, 0.5) is 0 Å². The molecule has 1 saturated heterocycles. The van der Waals surface area contributed by atoms with Gasteiger partial charge in [-0.1, -0.05) is 23.2 Å². The number of nitrogens with two attached hydrogens (primary N) is 1. The number of aromatic carboxylic acids is 1. The van der Waals surface area contributed by atoms with Crippen LogP contribution in [0.1, 0.15) is 28.8 Å². The number of hydrogen-bond donors (Lipinski definition) is 3. The van der Waals surface area contributed by atoms with Gasteiger partial charge in [-0.05, 0) is 29.8 Å². The molecule has 0 aliphatic carbocycles. The predicted molar refractivity (Wildman–Crippen MR) is 118 cm³/mol. The number of carboxylic acid groups (broad SMARTS) is 1. The van der Waals surface area contributed by atoms with Gasteiger partial charge in [0.1, 0.15) is 35.0 Å². The minimum atomic E-state index is -1.19. The minimum Gasteiger partial charge on any atom is -0.506 e. The van der Waals surface area contributed by atoms with Crippen molar-refractivity contribution in [3.8, 4) is 17.2 Å². The molecule has 2 aliphatic rings. The van der Waals surface area contributed by atoms with Crippen molar-refractivity contribution < 1.29 is 24.5 Å². The Morgan fingerprint density at radius 2 is 2.00 bits per heavy atom. The molecule has 1 spiro atoms. The topological polar surface area (TPSA) is 105 Å². The number of phenolic OH excluding ortho intramolecular Hbond substituents is 1. The Bertz CT molecular complexity index is 992. The van der Waals surface area contributed by atoms with Crippen molar-refractivity contribution >= 4 is 29.2 Å². The average Bonchev–Trinajstić information content (AvgIpc) is 3.07. The molecule has 4 rings (SSSR count). The lowest BCUT2D eigenvalue weighted by molar-refractivity contribution is 0.0166. The van der Waals surface area contributed by atoms with Gasteiger partial charge < -0.3 is 30.3 Å². The second kappa shape index (κ2) is 8.74. The zero-order valence-corrected chi connectivity index (χ0v) is 18.3. The highest BCUT2D eigenvalue weighted by atomic mass is 35.5. The summed E-state index contributed by atoms with van der Waals surface area (Å²) >= 11 is 11.9. The van der Waals surface area contributed by atoms with Crippen molar-refractivity contribution in [3.05, 3.63) is 51.5 Å². The number of carbonyl (C=O) groups is 1. The summed E-state index contributed by atoms with van der Waals surface area (Å²) in [6.45, 7) is 2.41. The summed E-state index contributed by atoms with van der Waals surface area (Å²) in [5.74, 6) is -0.470. The second-order valence-electron chi connectivity index (χ2n) is 8.19. The molecule has 0 aromatic heterocycles. The van der Waals surface area contributed by atoms with Crippen molar-refractivity contribution in [2.75, 3.05) is 26.2 Å². The molecule has 31 heavy (non-hydrogen) atoms. The number of ether oxygens (including phenoxy) is 2. The minimum absolute atomic E-state index is 0.0400. The summed E-state index contributed by atoms with van der Waals surface area (Å²) in [6, 6.07) is 7.80. The van der Waals surface area contributed by atoms with E-state index in [0.717, 1.165) is 54.8 Å². The molecule has 2 aliphatic heterocycles. The van der Waals surface area contributed by atoms with E-state index in [0.29, 0.717) is 6.54 Å². The van der Waals surface area contributed by atoms with Crippen LogP contribution < -0.4 is 15.2 Å². The Labute approximate surface area is 190 Å². The van der Waals surface area contributed by atoms with Crippen LogP contribution in [0.3, 0.4) is 0 Å². The molecule has 1 fully saturated rings. The highest BCUT2D eigenvalue weighted by molar-refractivity contribution is 6.32. The van der Waals surface area contributed by atoms with Gasteiger partial charge in [-0.15, -0.1) is 0 Å². The van der Waals surface area contributed by atoms with Crippen molar-refractivity contribution in [2.45, 2.75) is 30.9 Å². The first-order valence-electron chi connectivity index (χ1n) is 10.1. The van der Waals surface area contributed by atoms with E-state index >= 15 is 0 Å². The maximum atomic E-state index is 11.4. The number of halogens is 2. The number of phenols is 1. The van der Waals surface area contributed by atoms with Crippen molar-refractivity contribution in [1.82, 2.24) is 4.90 Å². The van der Waals surface area contributed by atoms with E-state index in [2.05, 4.69) is 4.90 Å². The fourth-order valence-corrected chi connectivity index (χ4v) is 4.59. The summed E-state index contributed by atoms with van der Waals surface area (Å²) < 4.78 is 11.9. The van der Waals surface area contributed by atoms with Crippen LogP contribution in [0.15, 0.2) is 30.3 Å². The lowest BCUT2D eigenvalue weighted by atomic mass is 9.87. The van der Waals surface area contributed by atoms with Crippen LogP contribution in [0.5, 0.6) is 17.2 Å². The van der Waals surface area contributed by atoms with Gasteiger partial charge in [0, 0.05) is 50.0 Å². The monoisotopic (exact) mass is 466 g/mol. The van der Waals surface area contributed by atoms with Crippen LogP contribution in [0.25, 0.3) is 0 Å². The standard InChI is InChI=1S/C22H24Cl2N2O5/c23-14-1-2-19-13(7-14)10-22(31-19)3-5-26(6-4-22)11-15(25)12-30-20-9-18(27)17(24)8-16(20)21(28)29/h1-2,7-9,15,27H,3-6,10-12,25H2,(H,28,29). The van der Waals surface area contributed by atoms with E-state index in [4.69, 9.17) is 38.4 Å². The largest absolute Gasteiger partial charge is 0.506 e. The maximum absolute atomic E-state index is 11.4. The molecule has 1 atom stereocenters. The van der Waals surface area contributed by atoms with Gasteiger partial charge in [-0.25, -0.2) is 4.79 Å². The maximum Gasteiger partial charge on any atom is 0.339 e. The molecule has 2 aromatic carbocycles. The Balaban J connectivity index is 1.29. The fraction of sp³-hybridized carbons (Fsp3) is 0.409. The van der Waals surface area contributed by atoms with E-state index in [1.54, 1.807) is 0 Å². The highest BCUT2D eigenvalue weighted by Gasteiger charge is 2.42. The van der Waals surface area contributed by atoms with Gasteiger partial charge >= 0.3 is 5.97 Å². The van der Waals surface area contributed by atoms with Crippen molar-refractivity contribution in [3.63, 3.8) is 0 Å². The van der Waals surface area contributed by atoms with Crippen LogP contribution in [-0.4, -0.2) is 59.0 Å². The van der Waals surface area contributed by atoms with Crippen LogP contribution in [0.2, 0.25) is 10.0 Å². The molecular weight excluding hydrogens is 443 g/mol. The van der Waals surface area contributed by atoms with Gasteiger partial charge in [-0.2, -0.15) is 0 Å². The molecule has 1 unspecified atom stereocenters. The van der Waals surface area contributed by atoms with Gasteiger partial charge in [0.05, 0.1) is 11.1 Å². The number of hydrogen-bond acceptors (Lipinski definition) is 6. The van der Waals surface area contributed by atoms with E-state index in [1.807, 2.05) is 18.2 Å². The smallest absolute Gasteiger partial charge is 0.339 e. The van der Waals surface area contributed by atoms with Gasteiger partial charge in [-0.3, -0.25) is 0 Å². The molecule has 0 bridgehead atoms. The number of nitrogens with zero attached hydrogens (tertiary/aromatic N) is 1. The summed E-state index contributed by atoms with van der Waals surface area (Å²) in [6.07, 6.45) is 2.64. The molecule has 166 valence electrons. The van der Waals surface area contributed by atoms with Gasteiger partial charge in [0.15, 0.2) is 0 Å². The van der Waals surface area contributed by atoms with Crippen LogP contribution in [0, 0.1) is 0 Å². The molecular formula is C22H24Cl2N2O5. The molecule has 0 radical (unpaired) electrons. The number of likely N-dealkylation sites (tertiary alicyclic amines) is 1. The van der Waals surface area contributed by atoms with E-state index in [-0.39, 0.29) is 40.3 Å². The quantitative estimate of drug-likeness (QED) is 0.597. The lowest BCUT2D eigenvalue weighted by Gasteiger charge is -2.39. The number of fused-ring (bicyclic) bond motifs is 1. The predicted octanol–water partition coefficient (Wildman–Crippen LogP) is 3.57. The Morgan fingerprint density at radius 1 is 1.26 bits per heavy atom. The number of rotatable bonds is 6. The van der Waals surface area contributed by atoms with Crippen molar-refractivity contribution in [2.24, 2.45) is 5.73 Å². The summed E-state index contributed by atoms with van der Waals surface area (Å²) in [5.41, 5.74) is 7.09. The summed E-state index contributed by atoms with van der Waals surface area (Å²) in [4.78, 5) is 13.7. The Morgan fingerprint density at radius 3 is 2.71 bits per heavy atom. The SMILES string of the molecule is NC(COc1cc(O)c(Cl)cc1C(=O)O)CN1CCC2(CC1)Cc1cc(Cl)ccc1O2. The molecule has 0 saturated carbocycles. The lowest BCUT2D eigenvalue weighted by Crippen LogP contribution is -2.51. The zero-order valence-electron chi connectivity index (χ0n) is 16.8. The third-order valence-electron chi connectivity index (χ3n) is 5.85. The normalized spacial score (nSPS) is 18.4. The first-order valence-corrected chi connectivity index (χ1v) is 10.8. The fourth-order valence-electron chi connectivity index (χ4n) is 4.23. The molecule has 7 nitrogen and oxygen atoms in total. The second-order valence-corrected chi connectivity index (χ2v) is 9.03. The van der Waals surface area contributed by atoms with Crippen LogP contribution >= 0.6 is 23.2 Å². The number of benzene rings is 2. The number of carboxylic acids is 1. The van der Waals surface area contributed by atoms with E-state index in [1.165, 1.54) is 6.07 Å². The number of piperidine rings is 1. The zero-order chi connectivity index (χ0) is 22.2. The Kier molecular flexibility index (Phi) is 6.21.